The normalized spacial score (nSPS) is 23.2. The fourth-order valence-electron chi connectivity index (χ4n) is 3.01. The van der Waals surface area contributed by atoms with E-state index in [4.69, 9.17) is 5.26 Å². The number of nitriles is 1. The highest BCUT2D eigenvalue weighted by Crippen LogP contribution is 2.37. The SMILES string of the molecule is N#Cc1ccc(N2CCC(SC3CCCC3)C2=O)cc1. The molecule has 1 atom stereocenters. The second-order valence-electron chi connectivity index (χ2n) is 5.47. The Balaban J connectivity index is 1.66. The van der Waals surface area contributed by atoms with Gasteiger partial charge in [-0.2, -0.15) is 5.26 Å². The third kappa shape index (κ3) is 2.69. The summed E-state index contributed by atoms with van der Waals surface area (Å²) in [6.45, 7) is 0.801. The van der Waals surface area contributed by atoms with Crippen LogP contribution in [0.5, 0.6) is 0 Å². The van der Waals surface area contributed by atoms with Crippen LogP contribution in [0.15, 0.2) is 24.3 Å². The Labute approximate surface area is 124 Å². The number of nitrogens with zero attached hydrogens (tertiary/aromatic N) is 2. The summed E-state index contributed by atoms with van der Waals surface area (Å²) < 4.78 is 0. The molecule has 2 aliphatic rings. The van der Waals surface area contributed by atoms with Gasteiger partial charge < -0.3 is 4.90 Å². The molecule has 1 aliphatic heterocycles. The summed E-state index contributed by atoms with van der Waals surface area (Å²) >= 11 is 1.89. The molecular weight excluding hydrogens is 268 g/mol. The van der Waals surface area contributed by atoms with Crippen LogP contribution in [0.2, 0.25) is 0 Å². The highest BCUT2D eigenvalue weighted by Gasteiger charge is 2.35. The second kappa shape index (κ2) is 5.88. The summed E-state index contributed by atoms with van der Waals surface area (Å²) in [6, 6.07) is 9.41. The van der Waals surface area contributed by atoms with Gasteiger partial charge in [0.2, 0.25) is 5.91 Å². The standard InChI is InChI=1S/C16H18N2OS/c17-11-12-5-7-13(8-6-12)18-10-9-15(16(18)19)20-14-3-1-2-4-14/h5-8,14-15H,1-4,9-10H2. The van der Waals surface area contributed by atoms with Gasteiger partial charge in [-0.3, -0.25) is 4.79 Å². The average Bonchev–Trinajstić information content (AvgIpc) is 3.11. The largest absolute Gasteiger partial charge is 0.311 e. The molecule has 0 aromatic heterocycles. The summed E-state index contributed by atoms with van der Waals surface area (Å²) in [6.07, 6.45) is 6.12. The summed E-state index contributed by atoms with van der Waals surface area (Å²) in [4.78, 5) is 14.4. The van der Waals surface area contributed by atoms with Gasteiger partial charge in [-0.15, -0.1) is 11.8 Å². The molecule has 0 bridgehead atoms. The molecule has 1 aliphatic carbocycles. The minimum absolute atomic E-state index is 0.133. The van der Waals surface area contributed by atoms with Crippen molar-refractivity contribution in [2.75, 3.05) is 11.4 Å². The van der Waals surface area contributed by atoms with E-state index in [1.54, 1.807) is 12.1 Å². The number of carbonyl (C=O) groups excluding carboxylic acids is 1. The predicted octanol–water partition coefficient (Wildman–Crippen LogP) is 3.34. The van der Waals surface area contributed by atoms with Gasteiger partial charge >= 0.3 is 0 Å². The summed E-state index contributed by atoms with van der Waals surface area (Å²) in [7, 11) is 0. The molecule has 3 rings (SSSR count). The molecule has 1 aromatic carbocycles. The van der Waals surface area contributed by atoms with E-state index < -0.39 is 0 Å². The number of benzene rings is 1. The maximum Gasteiger partial charge on any atom is 0.240 e. The highest BCUT2D eigenvalue weighted by molar-refractivity contribution is 8.01. The average molecular weight is 286 g/mol. The number of rotatable bonds is 3. The van der Waals surface area contributed by atoms with Crippen molar-refractivity contribution >= 4 is 23.4 Å². The van der Waals surface area contributed by atoms with E-state index in [2.05, 4.69) is 6.07 Å². The van der Waals surface area contributed by atoms with E-state index in [0.717, 1.165) is 18.7 Å². The minimum atomic E-state index is 0.133. The zero-order chi connectivity index (χ0) is 13.9. The van der Waals surface area contributed by atoms with Crippen molar-refractivity contribution in [3.63, 3.8) is 0 Å². The van der Waals surface area contributed by atoms with Gasteiger partial charge in [-0.25, -0.2) is 0 Å². The molecule has 0 spiro atoms. The highest BCUT2D eigenvalue weighted by atomic mass is 32.2. The molecule has 1 heterocycles. The van der Waals surface area contributed by atoms with E-state index in [1.807, 2.05) is 28.8 Å². The number of anilines is 1. The molecule has 0 radical (unpaired) electrons. The van der Waals surface area contributed by atoms with Gasteiger partial charge in [0.1, 0.15) is 0 Å². The van der Waals surface area contributed by atoms with Gasteiger partial charge in [0.15, 0.2) is 0 Å². The van der Waals surface area contributed by atoms with Gasteiger partial charge in [-0.1, -0.05) is 12.8 Å². The van der Waals surface area contributed by atoms with E-state index in [-0.39, 0.29) is 11.2 Å². The first-order valence-electron chi connectivity index (χ1n) is 7.25. The maximum absolute atomic E-state index is 12.5. The molecule has 1 unspecified atom stereocenters. The van der Waals surface area contributed by atoms with Crippen molar-refractivity contribution in [1.29, 1.82) is 5.26 Å². The Bertz CT molecular complexity index is 528. The van der Waals surface area contributed by atoms with Crippen LogP contribution in [0.3, 0.4) is 0 Å². The lowest BCUT2D eigenvalue weighted by Gasteiger charge is -2.18. The fourth-order valence-corrected chi connectivity index (χ4v) is 4.56. The molecule has 4 heteroatoms. The maximum atomic E-state index is 12.5. The van der Waals surface area contributed by atoms with Crippen LogP contribution < -0.4 is 4.90 Å². The molecule has 1 saturated carbocycles. The first-order valence-corrected chi connectivity index (χ1v) is 8.19. The molecule has 0 N–H and O–H groups in total. The summed E-state index contributed by atoms with van der Waals surface area (Å²) in [5, 5.41) is 9.63. The molecule has 1 saturated heterocycles. The lowest BCUT2D eigenvalue weighted by molar-refractivity contribution is -0.116. The number of hydrogen-bond acceptors (Lipinski definition) is 3. The molecule has 104 valence electrons. The number of thioether (sulfide) groups is 1. The third-order valence-corrected chi connectivity index (χ3v) is 5.75. The van der Waals surface area contributed by atoms with Crippen molar-refractivity contribution in [1.82, 2.24) is 0 Å². The number of carbonyl (C=O) groups is 1. The van der Waals surface area contributed by atoms with Gasteiger partial charge in [0.05, 0.1) is 16.9 Å². The molecule has 20 heavy (non-hydrogen) atoms. The zero-order valence-electron chi connectivity index (χ0n) is 11.4. The van der Waals surface area contributed by atoms with Crippen LogP contribution in [-0.2, 0) is 4.79 Å². The molecule has 1 amide bonds. The van der Waals surface area contributed by atoms with Crippen LogP contribution in [0.4, 0.5) is 5.69 Å². The van der Waals surface area contributed by atoms with E-state index in [0.29, 0.717) is 10.8 Å². The fraction of sp³-hybridized carbons (Fsp3) is 0.500. The Hall–Kier alpha value is -1.47. The lowest BCUT2D eigenvalue weighted by atomic mass is 10.2. The van der Waals surface area contributed by atoms with Crippen molar-refractivity contribution in [3.8, 4) is 6.07 Å². The van der Waals surface area contributed by atoms with Crippen molar-refractivity contribution in [2.45, 2.75) is 42.6 Å². The van der Waals surface area contributed by atoms with Crippen LogP contribution >= 0.6 is 11.8 Å². The molecular formula is C16H18N2OS. The van der Waals surface area contributed by atoms with Gasteiger partial charge in [0, 0.05) is 17.5 Å². The minimum Gasteiger partial charge on any atom is -0.311 e. The lowest BCUT2D eigenvalue weighted by Crippen LogP contribution is -2.28. The van der Waals surface area contributed by atoms with E-state index in [9.17, 15) is 4.79 Å². The molecule has 3 nitrogen and oxygen atoms in total. The van der Waals surface area contributed by atoms with Crippen LogP contribution in [-0.4, -0.2) is 23.0 Å². The number of hydrogen-bond donors (Lipinski definition) is 0. The number of amides is 1. The van der Waals surface area contributed by atoms with Gasteiger partial charge in [-0.05, 0) is 43.5 Å². The first-order chi connectivity index (χ1) is 9.78. The molecule has 1 aromatic rings. The Morgan fingerprint density at radius 1 is 1.15 bits per heavy atom. The second-order valence-corrected chi connectivity index (χ2v) is 6.98. The van der Waals surface area contributed by atoms with Crippen molar-refractivity contribution in [3.05, 3.63) is 29.8 Å². The first kappa shape index (κ1) is 13.5. The van der Waals surface area contributed by atoms with Gasteiger partial charge in [0.25, 0.3) is 0 Å². The van der Waals surface area contributed by atoms with E-state index in [1.165, 1.54) is 25.7 Å². The van der Waals surface area contributed by atoms with E-state index >= 15 is 0 Å². The van der Waals surface area contributed by atoms with Crippen molar-refractivity contribution in [2.24, 2.45) is 0 Å². The summed E-state index contributed by atoms with van der Waals surface area (Å²) in [5.41, 5.74) is 1.56. The third-order valence-electron chi connectivity index (χ3n) is 4.12. The Kier molecular flexibility index (Phi) is 3.98. The van der Waals surface area contributed by atoms with Crippen molar-refractivity contribution < 1.29 is 4.79 Å². The van der Waals surface area contributed by atoms with Crippen LogP contribution in [0.1, 0.15) is 37.7 Å². The predicted molar refractivity (Wildman–Crippen MR) is 81.8 cm³/mol. The van der Waals surface area contributed by atoms with Crippen LogP contribution in [0, 0.1) is 11.3 Å². The Morgan fingerprint density at radius 2 is 1.85 bits per heavy atom. The quantitative estimate of drug-likeness (QED) is 0.856. The smallest absolute Gasteiger partial charge is 0.240 e. The Morgan fingerprint density at radius 3 is 2.50 bits per heavy atom. The van der Waals surface area contributed by atoms with Crippen LogP contribution in [0.25, 0.3) is 0 Å². The zero-order valence-corrected chi connectivity index (χ0v) is 12.2. The summed E-state index contributed by atoms with van der Waals surface area (Å²) in [5.74, 6) is 0.242. The topological polar surface area (TPSA) is 44.1 Å². The monoisotopic (exact) mass is 286 g/mol. The molecule has 2 fully saturated rings.